The lowest BCUT2D eigenvalue weighted by Crippen LogP contribution is -2.18. The van der Waals surface area contributed by atoms with Crippen LogP contribution < -0.4 is 5.32 Å². The summed E-state index contributed by atoms with van der Waals surface area (Å²) in [4.78, 5) is 0. The van der Waals surface area contributed by atoms with Gasteiger partial charge in [-0.25, -0.2) is 0 Å². The zero-order valence-electron chi connectivity index (χ0n) is 8.50. The molecular weight excluding hydrogens is 212 g/mol. The normalized spacial score (nSPS) is 11.9. The van der Waals surface area contributed by atoms with E-state index in [1.807, 2.05) is 13.0 Å². The van der Waals surface area contributed by atoms with Crippen molar-refractivity contribution in [1.82, 2.24) is 0 Å². The van der Waals surface area contributed by atoms with Gasteiger partial charge >= 0.3 is 0 Å². The molecule has 0 aliphatic heterocycles. The lowest BCUT2D eigenvalue weighted by molar-refractivity contribution is 0.183. The van der Waals surface area contributed by atoms with Gasteiger partial charge in [0.2, 0.25) is 0 Å². The third-order valence-corrected chi connectivity index (χ3v) is 2.41. The Bertz CT molecular complexity index is 373. The maximum atomic E-state index is 9.35. The van der Waals surface area contributed by atoms with E-state index in [0.717, 1.165) is 5.69 Å². The molecule has 4 heteroatoms. The Kier molecular flexibility index (Phi) is 4.41. The summed E-state index contributed by atoms with van der Waals surface area (Å²) in [6.07, 6.45) is 0.317. The van der Waals surface area contributed by atoms with Crippen LogP contribution in [0.2, 0.25) is 5.02 Å². The highest BCUT2D eigenvalue weighted by atomic mass is 35.5. The molecule has 80 valence electrons. The summed E-state index contributed by atoms with van der Waals surface area (Å²) in [6.45, 7) is 2.37. The Morgan fingerprint density at radius 2 is 2.33 bits per heavy atom. The van der Waals surface area contributed by atoms with Gasteiger partial charge in [-0.2, -0.15) is 5.26 Å². The van der Waals surface area contributed by atoms with Gasteiger partial charge < -0.3 is 10.4 Å². The van der Waals surface area contributed by atoms with Crippen LogP contribution in [0.1, 0.15) is 18.9 Å². The maximum Gasteiger partial charge on any atom is 0.0992 e. The van der Waals surface area contributed by atoms with E-state index in [0.29, 0.717) is 23.6 Å². The fourth-order valence-corrected chi connectivity index (χ4v) is 1.35. The number of anilines is 1. The quantitative estimate of drug-likeness (QED) is 0.826. The molecule has 1 atom stereocenters. The van der Waals surface area contributed by atoms with Gasteiger partial charge in [0.1, 0.15) is 0 Å². The van der Waals surface area contributed by atoms with Crippen molar-refractivity contribution in [1.29, 1.82) is 5.26 Å². The second kappa shape index (κ2) is 5.59. The van der Waals surface area contributed by atoms with Gasteiger partial charge in [-0.15, -0.1) is 0 Å². The van der Waals surface area contributed by atoms with Crippen molar-refractivity contribution in [3.05, 3.63) is 28.8 Å². The highest BCUT2D eigenvalue weighted by Gasteiger charge is 2.04. The highest BCUT2D eigenvalue weighted by molar-refractivity contribution is 6.33. The topological polar surface area (TPSA) is 56.0 Å². The van der Waals surface area contributed by atoms with Crippen LogP contribution in [0.4, 0.5) is 5.69 Å². The number of nitrogens with zero attached hydrogens (tertiary/aromatic N) is 1. The van der Waals surface area contributed by atoms with E-state index >= 15 is 0 Å². The number of rotatable bonds is 4. The molecule has 0 saturated heterocycles. The van der Waals surface area contributed by atoms with Crippen LogP contribution in [0.25, 0.3) is 0 Å². The van der Waals surface area contributed by atoms with E-state index in [2.05, 4.69) is 5.32 Å². The summed E-state index contributed by atoms with van der Waals surface area (Å²) < 4.78 is 0. The fourth-order valence-electron chi connectivity index (χ4n) is 1.10. The molecule has 1 unspecified atom stereocenters. The summed E-state index contributed by atoms with van der Waals surface area (Å²) in [6, 6.07) is 7.04. The van der Waals surface area contributed by atoms with Crippen LogP contribution in [0, 0.1) is 11.3 Å². The molecule has 1 aromatic rings. The summed E-state index contributed by atoms with van der Waals surface area (Å²) in [5, 5.41) is 21.5. The second-order valence-electron chi connectivity index (χ2n) is 3.25. The summed E-state index contributed by atoms with van der Waals surface area (Å²) in [7, 11) is 0. The SMILES string of the molecule is CCC(O)CNc1ccc(C#N)cc1Cl. The van der Waals surface area contributed by atoms with Crippen molar-refractivity contribution in [3.63, 3.8) is 0 Å². The van der Waals surface area contributed by atoms with Gasteiger partial charge in [0, 0.05) is 6.54 Å². The van der Waals surface area contributed by atoms with Crippen LogP contribution in [-0.4, -0.2) is 17.8 Å². The monoisotopic (exact) mass is 224 g/mol. The van der Waals surface area contributed by atoms with Gasteiger partial charge in [0.25, 0.3) is 0 Å². The number of halogens is 1. The van der Waals surface area contributed by atoms with Crippen molar-refractivity contribution in [2.24, 2.45) is 0 Å². The molecule has 0 bridgehead atoms. The first kappa shape index (κ1) is 11.8. The molecule has 0 fully saturated rings. The predicted octanol–water partition coefficient (Wildman–Crippen LogP) is 2.39. The molecular formula is C11H13ClN2O. The minimum Gasteiger partial charge on any atom is -0.391 e. The van der Waals surface area contributed by atoms with Crippen LogP contribution in [0.15, 0.2) is 18.2 Å². The zero-order chi connectivity index (χ0) is 11.3. The van der Waals surface area contributed by atoms with Crippen molar-refractivity contribution in [2.45, 2.75) is 19.4 Å². The first-order chi connectivity index (χ1) is 7.17. The summed E-state index contributed by atoms with van der Waals surface area (Å²) in [5.74, 6) is 0. The minimum atomic E-state index is -0.378. The summed E-state index contributed by atoms with van der Waals surface area (Å²) >= 11 is 5.94. The van der Waals surface area contributed by atoms with Crippen LogP contribution in [0.5, 0.6) is 0 Å². The molecule has 0 aliphatic rings. The molecule has 0 heterocycles. The van der Waals surface area contributed by atoms with E-state index < -0.39 is 0 Å². The van der Waals surface area contributed by atoms with Crippen molar-refractivity contribution >= 4 is 17.3 Å². The number of benzene rings is 1. The van der Waals surface area contributed by atoms with E-state index in [-0.39, 0.29) is 6.10 Å². The number of hydrogen-bond acceptors (Lipinski definition) is 3. The molecule has 0 amide bonds. The average molecular weight is 225 g/mol. The molecule has 0 radical (unpaired) electrons. The number of aliphatic hydroxyl groups is 1. The standard InChI is InChI=1S/C11H13ClN2O/c1-2-9(15)7-14-11-4-3-8(6-13)5-10(11)12/h3-5,9,14-15H,2,7H2,1H3. The largest absolute Gasteiger partial charge is 0.391 e. The van der Waals surface area contributed by atoms with E-state index in [9.17, 15) is 5.11 Å². The Hall–Kier alpha value is -1.24. The Balaban J connectivity index is 2.67. The van der Waals surface area contributed by atoms with Gasteiger partial charge in [-0.05, 0) is 24.6 Å². The molecule has 2 N–H and O–H groups in total. The van der Waals surface area contributed by atoms with E-state index in [1.165, 1.54) is 0 Å². The van der Waals surface area contributed by atoms with Gasteiger partial charge in [-0.1, -0.05) is 18.5 Å². The van der Waals surface area contributed by atoms with Crippen molar-refractivity contribution in [2.75, 3.05) is 11.9 Å². The minimum absolute atomic E-state index is 0.378. The molecule has 0 aromatic heterocycles. The van der Waals surface area contributed by atoms with Crippen molar-refractivity contribution < 1.29 is 5.11 Å². The molecule has 3 nitrogen and oxygen atoms in total. The molecule has 0 spiro atoms. The second-order valence-corrected chi connectivity index (χ2v) is 3.66. The molecule has 0 saturated carbocycles. The third kappa shape index (κ3) is 3.43. The smallest absolute Gasteiger partial charge is 0.0992 e. The van der Waals surface area contributed by atoms with Crippen LogP contribution in [0.3, 0.4) is 0 Å². The van der Waals surface area contributed by atoms with Crippen LogP contribution in [-0.2, 0) is 0 Å². The number of nitrogens with one attached hydrogen (secondary N) is 1. The Labute approximate surface area is 94.3 Å². The fraction of sp³-hybridized carbons (Fsp3) is 0.364. The highest BCUT2D eigenvalue weighted by Crippen LogP contribution is 2.22. The van der Waals surface area contributed by atoms with Crippen LogP contribution >= 0.6 is 11.6 Å². The Morgan fingerprint density at radius 1 is 1.60 bits per heavy atom. The zero-order valence-corrected chi connectivity index (χ0v) is 9.25. The predicted molar refractivity (Wildman–Crippen MR) is 61.0 cm³/mol. The molecule has 15 heavy (non-hydrogen) atoms. The number of nitriles is 1. The molecule has 1 aromatic carbocycles. The van der Waals surface area contributed by atoms with Crippen molar-refractivity contribution in [3.8, 4) is 6.07 Å². The number of hydrogen-bond donors (Lipinski definition) is 2. The third-order valence-electron chi connectivity index (χ3n) is 2.10. The van der Waals surface area contributed by atoms with Gasteiger partial charge in [-0.3, -0.25) is 0 Å². The molecule has 1 rings (SSSR count). The molecule has 0 aliphatic carbocycles. The maximum absolute atomic E-state index is 9.35. The van der Waals surface area contributed by atoms with E-state index in [1.54, 1.807) is 18.2 Å². The lowest BCUT2D eigenvalue weighted by atomic mass is 10.2. The lowest BCUT2D eigenvalue weighted by Gasteiger charge is -2.11. The van der Waals surface area contributed by atoms with Gasteiger partial charge in [0.15, 0.2) is 0 Å². The summed E-state index contributed by atoms with van der Waals surface area (Å²) in [5.41, 5.74) is 1.27. The first-order valence-electron chi connectivity index (χ1n) is 4.79. The van der Waals surface area contributed by atoms with E-state index in [4.69, 9.17) is 16.9 Å². The first-order valence-corrected chi connectivity index (χ1v) is 5.16. The average Bonchev–Trinajstić information content (AvgIpc) is 2.26. The van der Waals surface area contributed by atoms with Gasteiger partial charge in [0.05, 0.1) is 28.4 Å². The Morgan fingerprint density at radius 3 is 2.87 bits per heavy atom. The number of aliphatic hydroxyl groups excluding tert-OH is 1.